The van der Waals surface area contributed by atoms with Crippen molar-refractivity contribution < 1.29 is 28.5 Å². The molecule has 6 aromatic rings. The molecule has 0 radical (unpaired) electrons. The summed E-state index contributed by atoms with van der Waals surface area (Å²) >= 11 is 0. The zero-order valence-electron chi connectivity index (χ0n) is 33.0. The summed E-state index contributed by atoms with van der Waals surface area (Å²) < 4.78 is 23.2. The van der Waals surface area contributed by atoms with Gasteiger partial charge in [-0.1, -0.05) is 0 Å². The molecule has 0 aliphatic carbocycles. The van der Waals surface area contributed by atoms with Gasteiger partial charge in [0.15, 0.2) is 0 Å². The molecule has 2 aliphatic heterocycles. The Labute approximate surface area is 325 Å². The Kier molecular flexibility index (Phi) is 10.3. The monoisotopic (exact) mass is 760 g/mol. The number of fused-ring (bicyclic) bond motifs is 4. The average molecular weight is 761 g/mol. The molecule has 0 saturated carbocycles. The number of hydrogen-bond donors (Lipinski definition) is 2. The van der Waals surface area contributed by atoms with E-state index in [9.17, 15) is 9.59 Å². The average Bonchev–Trinajstić information content (AvgIpc) is 3.80. The number of benzene rings is 2. The first-order chi connectivity index (χ1) is 26.6. The van der Waals surface area contributed by atoms with Gasteiger partial charge < -0.3 is 28.9 Å². The summed E-state index contributed by atoms with van der Waals surface area (Å²) in [6, 6.07) is 15.6. The second kappa shape index (κ2) is 15.2. The number of aromatic amines is 2. The number of nitrogens with zero attached hydrogens (tertiary/aromatic N) is 6. The maximum absolute atomic E-state index is 12.5. The molecule has 56 heavy (non-hydrogen) atoms. The van der Waals surface area contributed by atoms with Crippen molar-refractivity contribution in [2.24, 2.45) is 0 Å². The molecule has 2 aliphatic rings. The van der Waals surface area contributed by atoms with Gasteiger partial charge in [0.2, 0.25) is 11.8 Å². The van der Waals surface area contributed by atoms with Crippen LogP contribution in [0.25, 0.3) is 21.8 Å². The molecule has 2 aromatic carbocycles. The van der Waals surface area contributed by atoms with E-state index in [1.54, 1.807) is 9.80 Å². The highest BCUT2D eigenvalue weighted by atomic mass is 16.6. The predicted molar refractivity (Wildman–Crippen MR) is 211 cm³/mol. The highest BCUT2D eigenvalue weighted by Crippen LogP contribution is 2.34. The van der Waals surface area contributed by atoms with Crippen molar-refractivity contribution >= 4 is 34.0 Å². The van der Waals surface area contributed by atoms with Gasteiger partial charge in [-0.2, -0.15) is 0 Å². The molecule has 0 spiro atoms. The van der Waals surface area contributed by atoms with Crippen molar-refractivity contribution in [3.8, 4) is 23.3 Å². The fourth-order valence-corrected chi connectivity index (χ4v) is 6.71. The normalized spacial score (nSPS) is 16.7. The second-order valence-electron chi connectivity index (χ2n) is 16.2. The Morgan fingerprint density at radius 2 is 1.04 bits per heavy atom. The lowest BCUT2D eigenvalue weighted by molar-refractivity contribution is 0.0122. The van der Waals surface area contributed by atoms with E-state index in [4.69, 9.17) is 18.9 Å². The van der Waals surface area contributed by atoms with E-state index in [1.165, 1.54) is 12.7 Å². The van der Waals surface area contributed by atoms with E-state index in [2.05, 4.69) is 29.9 Å². The van der Waals surface area contributed by atoms with Gasteiger partial charge in [0.05, 0.1) is 24.5 Å². The summed E-state index contributed by atoms with van der Waals surface area (Å²) in [5.74, 6) is 2.51. The van der Waals surface area contributed by atoms with Crippen LogP contribution >= 0.6 is 0 Å². The lowest BCUT2D eigenvalue weighted by atomic mass is 10.00. The number of amides is 2. The Morgan fingerprint density at radius 1 is 0.625 bits per heavy atom. The number of carbonyl (C=O) groups is 2. The molecular formula is C42H48N8O6. The fourth-order valence-electron chi connectivity index (χ4n) is 6.71. The molecule has 292 valence electrons. The number of rotatable bonds is 4. The number of H-pyrrole nitrogens is 2. The van der Waals surface area contributed by atoms with E-state index in [0.29, 0.717) is 37.7 Å². The zero-order chi connectivity index (χ0) is 39.8. The van der Waals surface area contributed by atoms with Gasteiger partial charge in [0.25, 0.3) is 0 Å². The van der Waals surface area contributed by atoms with Gasteiger partial charge in [0.1, 0.15) is 35.4 Å². The Bertz CT molecular complexity index is 2210. The van der Waals surface area contributed by atoms with Crippen LogP contribution in [0.5, 0.6) is 23.3 Å². The third-order valence-corrected chi connectivity index (χ3v) is 9.43. The topological polar surface area (TPSA) is 161 Å². The molecule has 8 rings (SSSR count). The van der Waals surface area contributed by atoms with Gasteiger partial charge in [-0.05, 0) is 117 Å². The fraction of sp³-hybridized carbons (Fsp3) is 0.381. The first-order valence-corrected chi connectivity index (χ1v) is 18.7. The lowest BCUT2D eigenvalue weighted by Gasteiger charge is -2.35. The van der Waals surface area contributed by atoms with Crippen LogP contribution in [0.2, 0.25) is 0 Å². The number of hydrogen-bond acceptors (Lipinski definition) is 10. The molecule has 2 atom stereocenters. The van der Waals surface area contributed by atoms with Crippen LogP contribution in [0.3, 0.4) is 0 Å². The summed E-state index contributed by atoms with van der Waals surface area (Å²) in [4.78, 5) is 52.3. The number of nitrogens with one attached hydrogen (secondary N) is 2. The molecule has 0 fully saturated rings. The van der Waals surface area contributed by atoms with E-state index < -0.39 is 11.2 Å². The third-order valence-electron chi connectivity index (χ3n) is 9.43. The third kappa shape index (κ3) is 8.69. The first kappa shape index (κ1) is 38.1. The Morgan fingerprint density at radius 3 is 1.43 bits per heavy atom. The number of carbonyl (C=O) groups excluding carboxylic acids is 2. The Balaban J connectivity index is 0.000000172. The van der Waals surface area contributed by atoms with E-state index in [0.717, 1.165) is 55.8 Å². The van der Waals surface area contributed by atoms with Crippen LogP contribution in [0.15, 0.2) is 73.6 Å². The standard InChI is InChI=1S/2C21H24N4O3/c2*1-13-9-16-18(11-25(13)20(26)28-21(2,3)4)23-12-24-19(16)27-15-5-6-17-14(10-15)7-8-22-17/h2*5-8,10,12-13,22H,9,11H2,1-4H3/t2*13-/m10/s1. The van der Waals surface area contributed by atoms with E-state index in [-0.39, 0.29) is 24.3 Å². The van der Waals surface area contributed by atoms with Crippen molar-refractivity contribution in [2.75, 3.05) is 0 Å². The molecule has 6 heterocycles. The lowest BCUT2D eigenvalue weighted by Crippen LogP contribution is -2.45. The number of aromatic nitrogens is 6. The smallest absolute Gasteiger partial charge is 0.410 e. The van der Waals surface area contributed by atoms with Crippen molar-refractivity contribution in [1.29, 1.82) is 0 Å². The molecule has 2 amide bonds. The molecule has 0 bridgehead atoms. The minimum Gasteiger partial charge on any atom is -0.444 e. The zero-order valence-corrected chi connectivity index (χ0v) is 33.0. The summed E-state index contributed by atoms with van der Waals surface area (Å²) in [6.07, 6.45) is 7.31. The summed E-state index contributed by atoms with van der Waals surface area (Å²) in [5, 5.41) is 2.15. The summed E-state index contributed by atoms with van der Waals surface area (Å²) in [5.41, 5.74) is 4.49. The summed E-state index contributed by atoms with van der Waals surface area (Å²) in [6.45, 7) is 15.9. The van der Waals surface area contributed by atoms with E-state index in [1.807, 2.05) is 116 Å². The SMILES string of the molecule is C[C@@H]1Cc2c(ncnc2Oc2ccc3[nH]ccc3c2)CN1C(=O)OC(C)(C)C.C[C@H]1Cc2c(ncnc2Oc2ccc3[nH]ccc3c2)CN1C(=O)OC(C)(C)C. The van der Waals surface area contributed by atoms with Gasteiger partial charge in [-0.25, -0.2) is 29.5 Å². The van der Waals surface area contributed by atoms with Crippen LogP contribution < -0.4 is 9.47 Å². The quantitative estimate of drug-likeness (QED) is 0.178. The van der Waals surface area contributed by atoms with Gasteiger partial charge >= 0.3 is 12.2 Å². The molecule has 4 aromatic heterocycles. The molecule has 0 saturated heterocycles. The van der Waals surface area contributed by atoms with Crippen molar-refractivity contribution in [1.82, 2.24) is 39.7 Å². The largest absolute Gasteiger partial charge is 0.444 e. The minimum atomic E-state index is -0.534. The molecular weight excluding hydrogens is 713 g/mol. The highest BCUT2D eigenvalue weighted by molar-refractivity contribution is 5.81. The van der Waals surface area contributed by atoms with Gasteiger partial charge in [-0.15, -0.1) is 0 Å². The second-order valence-corrected chi connectivity index (χ2v) is 16.2. The first-order valence-electron chi connectivity index (χ1n) is 18.7. The maximum Gasteiger partial charge on any atom is 0.410 e. The Hall–Kier alpha value is -6.18. The van der Waals surface area contributed by atoms with Crippen LogP contribution in [0, 0.1) is 0 Å². The van der Waals surface area contributed by atoms with Gasteiger partial charge in [-0.3, -0.25) is 9.80 Å². The van der Waals surface area contributed by atoms with E-state index >= 15 is 0 Å². The highest BCUT2D eigenvalue weighted by Gasteiger charge is 2.34. The molecule has 2 N–H and O–H groups in total. The molecule has 14 nitrogen and oxygen atoms in total. The van der Waals surface area contributed by atoms with Crippen LogP contribution in [0.4, 0.5) is 9.59 Å². The predicted octanol–water partition coefficient (Wildman–Crippen LogP) is 8.86. The van der Waals surface area contributed by atoms with Crippen molar-refractivity contribution in [3.05, 3.63) is 96.1 Å². The van der Waals surface area contributed by atoms with Crippen LogP contribution in [-0.2, 0) is 35.4 Å². The van der Waals surface area contributed by atoms with Crippen LogP contribution in [-0.4, -0.2) is 75.2 Å². The van der Waals surface area contributed by atoms with Crippen LogP contribution in [0.1, 0.15) is 77.9 Å². The van der Waals surface area contributed by atoms with Crippen molar-refractivity contribution in [3.63, 3.8) is 0 Å². The number of ether oxygens (including phenoxy) is 4. The van der Waals surface area contributed by atoms with Crippen molar-refractivity contribution in [2.45, 2.75) is 105 Å². The van der Waals surface area contributed by atoms with Gasteiger partial charge in [0, 0.05) is 57.4 Å². The maximum atomic E-state index is 12.5. The minimum absolute atomic E-state index is 0.0390. The molecule has 14 heteroatoms. The molecule has 0 unspecified atom stereocenters. The summed E-state index contributed by atoms with van der Waals surface area (Å²) in [7, 11) is 0.